The second kappa shape index (κ2) is 9.06. The van der Waals surface area contributed by atoms with Gasteiger partial charge in [0.15, 0.2) is 0 Å². The Balaban J connectivity index is 1.34. The van der Waals surface area contributed by atoms with E-state index in [9.17, 15) is 14.0 Å². The van der Waals surface area contributed by atoms with Crippen molar-refractivity contribution in [1.82, 2.24) is 15.2 Å². The number of amides is 2. The van der Waals surface area contributed by atoms with Crippen LogP contribution in [0.2, 0.25) is 0 Å². The van der Waals surface area contributed by atoms with Crippen LogP contribution in [0.25, 0.3) is 9.88 Å². The van der Waals surface area contributed by atoms with Gasteiger partial charge in [-0.2, -0.15) is 0 Å². The van der Waals surface area contributed by atoms with Gasteiger partial charge in [0.1, 0.15) is 16.9 Å². The Labute approximate surface area is 180 Å². The number of nitrogens with one attached hydrogen (secondary N) is 1. The van der Waals surface area contributed by atoms with Crippen LogP contribution >= 0.6 is 34.4 Å². The molecule has 1 aliphatic rings. The molecule has 0 bridgehead atoms. The lowest BCUT2D eigenvalue weighted by atomic mass is 10.1. The molecule has 3 heterocycles. The molecule has 1 aromatic carbocycles. The summed E-state index contributed by atoms with van der Waals surface area (Å²) in [5.74, 6) is 0.415. The zero-order valence-electron chi connectivity index (χ0n) is 15.3. The van der Waals surface area contributed by atoms with Gasteiger partial charge >= 0.3 is 0 Å². The van der Waals surface area contributed by atoms with Gasteiger partial charge in [0.25, 0.3) is 0 Å². The molecule has 1 aliphatic heterocycles. The zero-order chi connectivity index (χ0) is 20.2. The molecule has 29 heavy (non-hydrogen) atoms. The molecule has 0 radical (unpaired) electrons. The molecule has 1 N–H and O–H groups in total. The van der Waals surface area contributed by atoms with Crippen LogP contribution in [0.1, 0.15) is 11.3 Å². The largest absolute Gasteiger partial charge is 0.349 e. The third-order valence-electron chi connectivity index (χ3n) is 4.50. The van der Waals surface area contributed by atoms with E-state index >= 15 is 0 Å². The van der Waals surface area contributed by atoms with E-state index in [1.54, 1.807) is 51.5 Å². The summed E-state index contributed by atoms with van der Waals surface area (Å²) in [5, 5.41) is 7.80. The molecule has 1 fully saturated rings. The van der Waals surface area contributed by atoms with Gasteiger partial charge in [-0.05, 0) is 29.1 Å². The number of carbonyl (C=O) groups is 2. The molecule has 0 spiro atoms. The van der Waals surface area contributed by atoms with E-state index < -0.39 is 6.04 Å². The van der Waals surface area contributed by atoms with Gasteiger partial charge in [-0.25, -0.2) is 9.37 Å². The van der Waals surface area contributed by atoms with Gasteiger partial charge in [0.05, 0.1) is 29.4 Å². The molecule has 1 unspecified atom stereocenters. The number of aromatic nitrogens is 1. The SMILES string of the molecule is O=C(NCc1csc(-c2cccs2)n1)C1CSCN1C(=O)Cc1ccc(F)cc1. The molecule has 150 valence electrons. The average Bonchev–Trinajstić information content (AvgIpc) is 3.48. The van der Waals surface area contributed by atoms with Crippen molar-refractivity contribution in [2.24, 2.45) is 0 Å². The number of carbonyl (C=O) groups excluding carboxylic acids is 2. The van der Waals surface area contributed by atoms with Crippen molar-refractivity contribution in [3.8, 4) is 9.88 Å². The summed E-state index contributed by atoms with van der Waals surface area (Å²) in [5.41, 5.74) is 1.54. The van der Waals surface area contributed by atoms with Crippen molar-refractivity contribution < 1.29 is 14.0 Å². The summed E-state index contributed by atoms with van der Waals surface area (Å²) in [4.78, 5) is 32.6. The Morgan fingerprint density at radius 2 is 2.03 bits per heavy atom. The normalized spacial score (nSPS) is 16.2. The van der Waals surface area contributed by atoms with Gasteiger partial charge in [0.2, 0.25) is 11.8 Å². The maximum atomic E-state index is 13.0. The number of hydrogen-bond acceptors (Lipinski definition) is 6. The molecule has 4 rings (SSSR count). The quantitative estimate of drug-likeness (QED) is 0.625. The molecule has 1 saturated heterocycles. The number of hydrogen-bond donors (Lipinski definition) is 1. The lowest BCUT2D eigenvalue weighted by Gasteiger charge is -2.23. The molecule has 9 heteroatoms. The van der Waals surface area contributed by atoms with Gasteiger partial charge in [0, 0.05) is 11.1 Å². The summed E-state index contributed by atoms with van der Waals surface area (Å²) in [6.07, 6.45) is 0.154. The summed E-state index contributed by atoms with van der Waals surface area (Å²) < 4.78 is 13.0. The lowest BCUT2D eigenvalue weighted by Crippen LogP contribution is -2.47. The second-order valence-electron chi connectivity index (χ2n) is 6.52. The summed E-state index contributed by atoms with van der Waals surface area (Å²) in [6, 6.07) is 9.37. The minimum atomic E-state index is -0.497. The smallest absolute Gasteiger partial charge is 0.244 e. The van der Waals surface area contributed by atoms with Crippen LogP contribution in [0, 0.1) is 5.82 Å². The molecule has 3 aromatic rings. The summed E-state index contributed by atoms with van der Waals surface area (Å²) in [6.45, 7) is 0.335. The highest BCUT2D eigenvalue weighted by molar-refractivity contribution is 7.99. The first-order chi connectivity index (χ1) is 14.1. The van der Waals surface area contributed by atoms with Crippen molar-refractivity contribution in [2.75, 3.05) is 11.6 Å². The Morgan fingerprint density at radius 3 is 2.79 bits per heavy atom. The van der Waals surface area contributed by atoms with Crippen molar-refractivity contribution in [3.63, 3.8) is 0 Å². The number of thioether (sulfide) groups is 1. The first-order valence-corrected chi connectivity index (χ1v) is 11.9. The maximum Gasteiger partial charge on any atom is 0.244 e. The molecule has 2 aromatic heterocycles. The number of thiazole rings is 1. The summed E-state index contributed by atoms with van der Waals surface area (Å²) >= 11 is 4.74. The van der Waals surface area contributed by atoms with E-state index in [0.29, 0.717) is 18.2 Å². The molecule has 1 atom stereocenters. The van der Waals surface area contributed by atoms with Crippen molar-refractivity contribution in [1.29, 1.82) is 0 Å². The Morgan fingerprint density at radius 1 is 1.21 bits per heavy atom. The first-order valence-electron chi connectivity index (χ1n) is 8.98. The van der Waals surface area contributed by atoms with Crippen LogP contribution < -0.4 is 5.32 Å². The Hall–Kier alpha value is -2.23. The predicted molar refractivity (Wildman–Crippen MR) is 115 cm³/mol. The van der Waals surface area contributed by atoms with E-state index in [2.05, 4.69) is 10.3 Å². The maximum absolute atomic E-state index is 13.0. The third kappa shape index (κ3) is 4.85. The van der Waals surface area contributed by atoms with E-state index in [4.69, 9.17) is 0 Å². The van der Waals surface area contributed by atoms with Gasteiger partial charge in [-0.3, -0.25) is 9.59 Å². The van der Waals surface area contributed by atoms with Crippen LogP contribution in [0.15, 0.2) is 47.2 Å². The molecular weight excluding hydrogens is 429 g/mol. The van der Waals surface area contributed by atoms with Crippen LogP contribution in [0.4, 0.5) is 4.39 Å². The van der Waals surface area contributed by atoms with Gasteiger partial charge in [-0.15, -0.1) is 34.4 Å². The molecule has 0 aliphatic carbocycles. The van der Waals surface area contributed by atoms with Crippen LogP contribution in [0.5, 0.6) is 0 Å². The second-order valence-corrected chi connectivity index (χ2v) is 9.33. The van der Waals surface area contributed by atoms with Crippen molar-refractivity contribution in [2.45, 2.75) is 19.0 Å². The highest BCUT2D eigenvalue weighted by atomic mass is 32.2. The van der Waals surface area contributed by atoms with E-state index in [-0.39, 0.29) is 24.1 Å². The minimum Gasteiger partial charge on any atom is -0.349 e. The van der Waals surface area contributed by atoms with Crippen LogP contribution in [-0.4, -0.2) is 39.4 Å². The fraction of sp³-hybridized carbons (Fsp3) is 0.250. The molecular formula is C20H18FN3O2S3. The van der Waals surface area contributed by atoms with E-state index in [1.807, 2.05) is 22.9 Å². The highest BCUT2D eigenvalue weighted by Crippen LogP contribution is 2.28. The van der Waals surface area contributed by atoms with Crippen LogP contribution in [-0.2, 0) is 22.6 Å². The van der Waals surface area contributed by atoms with Gasteiger partial charge < -0.3 is 10.2 Å². The monoisotopic (exact) mass is 447 g/mol. The predicted octanol–water partition coefficient (Wildman–Crippen LogP) is 3.77. The topological polar surface area (TPSA) is 62.3 Å². The molecule has 0 saturated carbocycles. The molecule has 5 nitrogen and oxygen atoms in total. The standard InChI is InChI=1S/C20H18FN3O2S3/c21-14-5-3-13(4-6-14)8-18(25)24-12-27-11-16(24)19(26)22-9-15-10-29-20(23-15)17-2-1-7-28-17/h1-7,10,16H,8-9,11-12H2,(H,22,26). The Kier molecular flexibility index (Phi) is 6.27. The van der Waals surface area contributed by atoms with Crippen LogP contribution in [0.3, 0.4) is 0 Å². The van der Waals surface area contributed by atoms with Crippen molar-refractivity contribution >= 4 is 46.2 Å². The summed E-state index contributed by atoms with van der Waals surface area (Å²) in [7, 11) is 0. The zero-order valence-corrected chi connectivity index (χ0v) is 17.8. The third-order valence-corrected chi connectivity index (χ3v) is 7.44. The van der Waals surface area contributed by atoms with E-state index in [0.717, 1.165) is 21.1 Å². The van der Waals surface area contributed by atoms with Gasteiger partial charge in [-0.1, -0.05) is 18.2 Å². The molecule has 2 amide bonds. The minimum absolute atomic E-state index is 0.129. The number of benzene rings is 1. The Bertz CT molecular complexity index is 989. The first kappa shape index (κ1) is 20.1. The number of nitrogens with zero attached hydrogens (tertiary/aromatic N) is 2. The van der Waals surface area contributed by atoms with Crippen molar-refractivity contribution in [3.05, 3.63) is 64.2 Å². The number of halogens is 1. The average molecular weight is 448 g/mol. The lowest BCUT2D eigenvalue weighted by molar-refractivity contribution is -0.137. The number of thiophene rings is 1. The van der Waals surface area contributed by atoms with E-state index in [1.165, 1.54) is 12.1 Å². The highest BCUT2D eigenvalue weighted by Gasteiger charge is 2.34. The fourth-order valence-corrected chi connectivity index (χ4v) is 5.80. The number of rotatable bonds is 6. The fourth-order valence-electron chi connectivity index (χ4n) is 2.98.